The molecule has 1 fully saturated rings. The van der Waals surface area contributed by atoms with Crippen LogP contribution >= 0.6 is 0 Å². The van der Waals surface area contributed by atoms with Crippen LogP contribution in [0.1, 0.15) is 50.0 Å². The van der Waals surface area contributed by atoms with Gasteiger partial charge >= 0.3 is 0 Å². The minimum Gasteiger partial charge on any atom is -0.262 e. The van der Waals surface area contributed by atoms with Gasteiger partial charge in [-0.15, -0.1) is 5.10 Å². The zero-order valence-corrected chi connectivity index (χ0v) is 14.8. The number of benzene rings is 1. The molecule has 1 aromatic carbocycles. The average molecular weight is 346 g/mol. The van der Waals surface area contributed by atoms with E-state index in [0.29, 0.717) is 12.6 Å². The molecule has 2 aliphatic rings. The number of aryl methyl sites for hydroxylation is 1. The molecule has 6 nitrogen and oxygen atoms in total. The maximum Gasteiger partial charge on any atom is 0.155 e. The van der Waals surface area contributed by atoms with E-state index in [1.54, 1.807) is 6.20 Å². The number of rotatable bonds is 3. The molecule has 3 aromatic rings. The third kappa shape index (κ3) is 2.62. The predicted molar refractivity (Wildman–Crippen MR) is 104 cm³/mol. The summed E-state index contributed by atoms with van der Waals surface area (Å²) in [6.45, 7) is 2.57. The second-order valence-corrected chi connectivity index (χ2v) is 7.06. The number of hydrogen-bond donors (Lipinski definition) is 0. The number of nitrogens with zero attached hydrogens (tertiary/aromatic N) is 6. The molecule has 0 spiro atoms. The number of aromatic nitrogens is 4. The number of fused-ring (bicyclic) bond motifs is 1. The first-order valence-corrected chi connectivity index (χ1v) is 9.18. The minimum atomic E-state index is 0. The van der Waals surface area contributed by atoms with Gasteiger partial charge in [0.2, 0.25) is 0 Å². The Balaban J connectivity index is 0.00000180. The first-order chi connectivity index (χ1) is 12.8. The number of hydrogen-bond acceptors (Lipinski definition) is 5. The van der Waals surface area contributed by atoms with Crippen LogP contribution in [-0.2, 0) is 0 Å². The summed E-state index contributed by atoms with van der Waals surface area (Å²) >= 11 is 0. The van der Waals surface area contributed by atoms with Crippen LogP contribution in [0.15, 0.2) is 46.5 Å². The molecule has 0 atom stereocenters. The second kappa shape index (κ2) is 6.12. The molecule has 5 rings (SSSR count). The fourth-order valence-corrected chi connectivity index (χ4v) is 3.88. The fourth-order valence-electron chi connectivity index (χ4n) is 3.88. The Morgan fingerprint density at radius 2 is 1.96 bits per heavy atom. The summed E-state index contributed by atoms with van der Waals surface area (Å²) in [5.74, 6) is 0.778. The van der Waals surface area contributed by atoms with Crippen molar-refractivity contribution in [2.75, 3.05) is 6.54 Å². The molecule has 0 amide bonds. The highest BCUT2D eigenvalue weighted by Gasteiger charge is 2.21. The summed E-state index contributed by atoms with van der Waals surface area (Å²) in [6, 6.07) is 10.8. The van der Waals surface area contributed by atoms with Crippen LogP contribution in [0.5, 0.6) is 0 Å². The normalized spacial score (nSPS) is 17.7. The van der Waals surface area contributed by atoms with Crippen molar-refractivity contribution in [1.29, 1.82) is 0 Å². The average Bonchev–Trinajstić information content (AvgIpc) is 3.40. The number of aliphatic imine (C=N–C) groups is 2. The lowest BCUT2D eigenvalue weighted by Crippen LogP contribution is -2.06. The van der Waals surface area contributed by atoms with E-state index in [-0.39, 0.29) is 1.43 Å². The smallest absolute Gasteiger partial charge is 0.155 e. The third-order valence-corrected chi connectivity index (χ3v) is 5.25. The lowest BCUT2D eigenvalue weighted by molar-refractivity contribution is 0.467. The van der Waals surface area contributed by atoms with Crippen molar-refractivity contribution in [2.45, 2.75) is 38.6 Å². The SMILES string of the molecule is Cc1cc(C2=NCC(c3ccc4c(c3)nnn4C3CCCC3)=N2)ccn1.[HH]. The van der Waals surface area contributed by atoms with Gasteiger partial charge < -0.3 is 0 Å². The predicted octanol–water partition coefficient (Wildman–Crippen LogP) is 3.75. The van der Waals surface area contributed by atoms with E-state index in [1.807, 2.05) is 19.1 Å². The molecule has 0 unspecified atom stereocenters. The topological polar surface area (TPSA) is 68.3 Å². The zero-order valence-electron chi connectivity index (χ0n) is 14.8. The highest BCUT2D eigenvalue weighted by Crippen LogP contribution is 2.31. The van der Waals surface area contributed by atoms with Crippen molar-refractivity contribution in [3.05, 3.63) is 53.3 Å². The molecule has 0 bridgehead atoms. The molecule has 0 N–H and O–H groups in total. The van der Waals surface area contributed by atoms with Crippen LogP contribution < -0.4 is 0 Å². The van der Waals surface area contributed by atoms with Gasteiger partial charge in [0.15, 0.2) is 5.84 Å². The molecule has 0 saturated heterocycles. The summed E-state index contributed by atoms with van der Waals surface area (Å²) in [5.41, 5.74) is 6.09. The number of pyridine rings is 1. The fraction of sp³-hybridized carbons (Fsp3) is 0.350. The molecule has 1 aliphatic heterocycles. The molecule has 2 aromatic heterocycles. The molecule has 0 radical (unpaired) electrons. The van der Waals surface area contributed by atoms with Crippen LogP contribution in [-0.4, -0.2) is 38.1 Å². The van der Waals surface area contributed by atoms with Gasteiger partial charge in [-0.25, -0.2) is 9.67 Å². The molecule has 3 heterocycles. The Bertz CT molecular complexity index is 1050. The van der Waals surface area contributed by atoms with Gasteiger partial charge in [0.1, 0.15) is 5.52 Å². The second-order valence-electron chi connectivity index (χ2n) is 7.06. The summed E-state index contributed by atoms with van der Waals surface area (Å²) < 4.78 is 2.10. The van der Waals surface area contributed by atoms with Gasteiger partial charge in [-0.3, -0.25) is 9.98 Å². The van der Waals surface area contributed by atoms with E-state index >= 15 is 0 Å². The van der Waals surface area contributed by atoms with Crippen LogP contribution in [0.3, 0.4) is 0 Å². The molecule has 6 heteroatoms. The van der Waals surface area contributed by atoms with Crippen LogP contribution in [0.25, 0.3) is 11.0 Å². The van der Waals surface area contributed by atoms with E-state index in [4.69, 9.17) is 4.99 Å². The molecule has 26 heavy (non-hydrogen) atoms. The highest BCUT2D eigenvalue weighted by molar-refractivity contribution is 6.17. The third-order valence-electron chi connectivity index (χ3n) is 5.25. The van der Waals surface area contributed by atoms with Crippen molar-refractivity contribution < 1.29 is 1.43 Å². The quantitative estimate of drug-likeness (QED) is 0.725. The van der Waals surface area contributed by atoms with Gasteiger partial charge in [0, 0.05) is 24.4 Å². The zero-order chi connectivity index (χ0) is 17.5. The van der Waals surface area contributed by atoms with E-state index in [1.165, 1.54) is 25.7 Å². The van der Waals surface area contributed by atoms with E-state index in [9.17, 15) is 0 Å². The maximum atomic E-state index is 4.74. The maximum absolute atomic E-state index is 4.74. The first-order valence-electron chi connectivity index (χ1n) is 9.18. The van der Waals surface area contributed by atoms with E-state index in [0.717, 1.165) is 39.4 Å². The van der Waals surface area contributed by atoms with Crippen LogP contribution in [0.2, 0.25) is 0 Å². The monoisotopic (exact) mass is 346 g/mol. The molecule has 132 valence electrons. The van der Waals surface area contributed by atoms with Crippen molar-refractivity contribution in [3.8, 4) is 0 Å². The van der Waals surface area contributed by atoms with Crippen molar-refractivity contribution in [1.82, 2.24) is 20.0 Å². The standard InChI is InChI=1S/C20H20N6.H2/c1-13-10-15(8-9-21-13)20-22-12-18(23-20)14-6-7-19-17(11-14)24-25-26(19)16-4-2-3-5-16;/h6-11,16H,2-5,12H2,1H3;1H. The van der Waals surface area contributed by atoms with Crippen LogP contribution in [0, 0.1) is 6.92 Å². The lowest BCUT2D eigenvalue weighted by atomic mass is 10.1. The van der Waals surface area contributed by atoms with E-state index < -0.39 is 0 Å². The summed E-state index contributed by atoms with van der Waals surface area (Å²) in [4.78, 5) is 13.6. The van der Waals surface area contributed by atoms with Crippen molar-refractivity contribution >= 4 is 22.6 Å². The van der Waals surface area contributed by atoms with Crippen molar-refractivity contribution in [2.24, 2.45) is 9.98 Å². The van der Waals surface area contributed by atoms with Gasteiger partial charge in [-0.1, -0.05) is 24.1 Å². The Hall–Kier alpha value is -2.89. The highest BCUT2D eigenvalue weighted by atomic mass is 15.4. The molecule has 1 aliphatic carbocycles. The van der Waals surface area contributed by atoms with Gasteiger partial charge in [0.05, 0.1) is 23.8 Å². The van der Waals surface area contributed by atoms with Gasteiger partial charge in [-0.2, -0.15) is 0 Å². The van der Waals surface area contributed by atoms with Gasteiger partial charge in [-0.05, 0) is 44.0 Å². The Morgan fingerprint density at radius 3 is 2.81 bits per heavy atom. The number of amidine groups is 1. The summed E-state index contributed by atoms with van der Waals surface area (Å²) in [5, 5.41) is 8.80. The summed E-state index contributed by atoms with van der Waals surface area (Å²) in [7, 11) is 0. The molecular weight excluding hydrogens is 324 g/mol. The van der Waals surface area contributed by atoms with Gasteiger partial charge in [0.25, 0.3) is 0 Å². The lowest BCUT2D eigenvalue weighted by Gasteiger charge is -2.09. The molecular formula is C20H22N6. The van der Waals surface area contributed by atoms with Crippen molar-refractivity contribution in [3.63, 3.8) is 0 Å². The first kappa shape index (κ1) is 15.4. The Kier molecular flexibility index (Phi) is 3.62. The Morgan fingerprint density at radius 1 is 1.08 bits per heavy atom. The van der Waals surface area contributed by atoms with Crippen LogP contribution in [0.4, 0.5) is 0 Å². The summed E-state index contributed by atoms with van der Waals surface area (Å²) in [6.07, 6.45) is 6.78. The largest absolute Gasteiger partial charge is 0.262 e. The minimum absolute atomic E-state index is 0. The Labute approximate surface area is 153 Å². The molecule has 1 saturated carbocycles. The van der Waals surface area contributed by atoms with E-state index in [2.05, 4.69) is 43.2 Å².